The maximum Gasteiger partial charge on any atom is 0.237 e. The Bertz CT molecular complexity index is 534. The number of benzene rings is 1. The van der Waals surface area contributed by atoms with Crippen LogP contribution in [0, 0.1) is 0 Å². The molecule has 3 atom stereocenters. The number of carbonyl (C=O) groups excluding carboxylic acids is 1. The van der Waals surface area contributed by atoms with Crippen molar-refractivity contribution < 1.29 is 9.53 Å². The molecule has 1 amide bonds. The molecule has 1 saturated carbocycles. The van der Waals surface area contributed by atoms with E-state index >= 15 is 0 Å². The molecule has 2 fully saturated rings. The van der Waals surface area contributed by atoms with E-state index in [4.69, 9.17) is 22.7 Å². The van der Waals surface area contributed by atoms with Crippen LogP contribution in [-0.4, -0.2) is 41.1 Å². The second kappa shape index (κ2) is 6.12. The Balaban J connectivity index is 1.86. The standard InChI is InChI=1S/C16H20N2O2S/c17-15(21)14(11-5-2-1-3-6-11)16(19)18-9-10-20-13-8-4-7-12(13)18/h1-3,5-6,12-14H,4,7-10H2,(H2,17,21). The van der Waals surface area contributed by atoms with E-state index in [0.29, 0.717) is 13.2 Å². The molecule has 3 unspecified atom stereocenters. The largest absolute Gasteiger partial charge is 0.392 e. The number of morpholine rings is 1. The Kier molecular flexibility index (Phi) is 4.22. The maximum absolute atomic E-state index is 13.0. The highest BCUT2D eigenvalue weighted by Gasteiger charge is 2.41. The van der Waals surface area contributed by atoms with Gasteiger partial charge in [0.25, 0.3) is 0 Å². The molecule has 0 aromatic heterocycles. The van der Waals surface area contributed by atoms with Gasteiger partial charge >= 0.3 is 0 Å². The predicted molar refractivity (Wildman–Crippen MR) is 85.1 cm³/mol. The molecular weight excluding hydrogens is 284 g/mol. The summed E-state index contributed by atoms with van der Waals surface area (Å²) in [5, 5.41) is 0. The van der Waals surface area contributed by atoms with Crippen molar-refractivity contribution in [3.8, 4) is 0 Å². The first-order valence-electron chi connectivity index (χ1n) is 7.45. The summed E-state index contributed by atoms with van der Waals surface area (Å²) >= 11 is 5.16. The lowest BCUT2D eigenvalue weighted by molar-refractivity contribution is -0.144. The van der Waals surface area contributed by atoms with Gasteiger partial charge in [0.2, 0.25) is 5.91 Å². The topological polar surface area (TPSA) is 55.6 Å². The lowest BCUT2D eigenvalue weighted by Gasteiger charge is -2.39. The van der Waals surface area contributed by atoms with E-state index in [1.165, 1.54) is 0 Å². The Labute approximate surface area is 130 Å². The van der Waals surface area contributed by atoms with Crippen LogP contribution < -0.4 is 5.73 Å². The van der Waals surface area contributed by atoms with E-state index in [1.54, 1.807) is 0 Å². The Morgan fingerprint density at radius 2 is 2.10 bits per heavy atom. The molecule has 21 heavy (non-hydrogen) atoms. The first-order chi connectivity index (χ1) is 10.2. The van der Waals surface area contributed by atoms with Crippen LogP contribution >= 0.6 is 12.2 Å². The van der Waals surface area contributed by atoms with Crippen LogP contribution in [0.15, 0.2) is 30.3 Å². The van der Waals surface area contributed by atoms with Gasteiger partial charge in [0.15, 0.2) is 0 Å². The van der Waals surface area contributed by atoms with Gasteiger partial charge in [0.05, 0.1) is 23.7 Å². The van der Waals surface area contributed by atoms with E-state index in [-0.39, 0.29) is 23.0 Å². The van der Waals surface area contributed by atoms with Crippen LogP contribution in [0.1, 0.15) is 30.7 Å². The Morgan fingerprint density at radius 3 is 2.81 bits per heavy atom. The van der Waals surface area contributed by atoms with Crippen LogP contribution in [0.3, 0.4) is 0 Å². The number of carbonyl (C=O) groups is 1. The molecule has 1 heterocycles. The van der Waals surface area contributed by atoms with Crippen LogP contribution in [0.4, 0.5) is 0 Å². The first-order valence-corrected chi connectivity index (χ1v) is 7.85. The van der Waals surface area contributed by atoms with Crippen LogP contribution in [0.2, 0.25) is 0 Å². The van der Waals surface area contributed by atoms with Crippen LogP contribution in [0.25, 0.3) is 0 Å². The van der Waals surface area contributed by atoms with Gasteiger partial charge in [-0.05, 0) is 24.8 Å². The molecule has 0 spiro atoms. The van der Waals surface area contributed by atoms with Crippen LogP contribution in [-0.2, 0) is 9.53 Å². The summed E-state index contributed by atoms with van der Waals surface area (Å²) < 4.78 is 5.77. The molecule has 1 aromatic carbocycles. The third-order valence-electron chi connectivity index (χ3n) is 4.43. The van der Waals surface area contributed by atoms with E-state index in [9.17, 15) is 4.79 Å². The Hall–Kier alpha value is -1.46. The average molecular weight is 304 g/mol. The zero-order chi connectivity index (χ0) is 14.8. The predicted octanol–water partition coefficient (Wildman–Crippen LogP) is 1.84. The number of hydrogen-bond donors (Lipinski definition) is 1. The number of nitrogens with zero attached hydrogens (tertiary/aromatic N) is 1. The summed E-state index contributed by atoms with van der Waals surface area (Å²) in [5.41, 5.74) is 6.74. The molecule has 1 saturated heterocycles. The lowest BCUT2D eigenvalue weighted by atomic mass is 9.96. The van der Waals surface area contributed by atoms with Gasteiger partial charge in [-0.3, -0.25) is 4.79 Å². The minimum atomic E-state index is -0.527. The van der Waals surface area contributed by atoms with Crippen molar-refractivity contribution in [2.24, 2.45) is 5.73 Å². The summed E-state index contributed by atoms with van der Waals surface area (Å²) in [6.07, 6.45) is 3.35. The van der Waals surface area contributed by atoms with Gasteiger partial charge in [-0.15, -0.1) is 0 Å². The zero-order valence-corrected chi connectivity index (χ0v) is 12.7. The molecule has 2 aliphatic rings. The summed E-state index contributed by atoms with van der Waals surface area (Å²) in [6.45, 7) is 1.23. The van der Waals surface area contributed by atoms with Crippen molar-refractivity contribution in [2.45, 2.75) is 37.3 Å². The van der Waals surface area contributed by atoms with Gasteiger partial charge in [-0.2, -0.15) is 0 Å². The minimum Gasteiger partial charge on any atom is -0.392 e. The molecule has 1 aromatic rings. The van der Waals surface area contributed by atoms with Gasteiger partial charge in [-0.1, -0.05) is 42.5 Å². The molecule has 3 rings (SSSR count). The summed E-state index contributed by atoms with van der Waals surface area (Å²) in [5.74, 6) is -0.505. The molecule has 112 valence electrons. The minimum absolute atomic E-state index is 0.0221. The van der Waals surface area contributed by atoms with Crippen molar-refractivity contribution in [3.05, 3.63) is 35.9 Å². The fourth-order valence-corrected chi connectivity index (χ4v) is 3.68. The van der Waals surface area contributed by atoms with Crippen molar-refractivity contribution in [3.63, 3.8) is 0 Å². The number of nitrogens with two attached hydrogens (primary N) is 1. The van der Waals surface area contributed by atoms with Crippen molar-refractivity contribution in [2.75, 3.05) is 13.2 Å². The fourth-order valence-electron chi connectivity index (χ4n) is 3.44. The number of rotatable bonds is 3. The van der Waals surface area contributed by atoms with Gasteiger partial charge < -0.3 is 15.4 Å². The third kappa shape index (κ3) is 2.80. The summed E-state index contributed by atoms with van der Waals surface area (Å²) in [6, 6.07) is 9.75. The second-order valence-electron chi connectivity index (χ2n) is 5.69. The number of fused-ring (bicyclic) bond motifs is 1. The highest BCUT2D eigenvalue weighted by molar-refractivity contribution is 7.80. The first kappa shape index (κ1) is 14.5. The molecular formula is C16H20N2O2S. The smallest absolute Gasteiger partial charge is 0.237 e. The maximum atomic E-state index is 13.0. The van der Waals surface area contributed by atoms with Crippen molar-refractivity contribution >= 4 is 23.1 Å². The molecule has 4 nitrogen and oxygen atoms in total. The average Bonchev–Trinajstić information content (AvgIpc) is 2.96. The second-order valence-corrected chi connectivity index (χ2v) is 6.16. The third-order valence-corrected chi connectivity index (χ3v) is 4.67. The van der Waals surface area contributed by atoms with Crippen molar-refractivity contribution in [1.82, 2.24) is 4.90 Å². The van der Waals surface area contributed by atoms with E-state index < -0.39 is 5.92 Å². The van der Waals surface area contributed by atoms with Gasteiger partial charge in [0.1, 0.15) is 5.92 Å². The van der Waals surface area contributed by atoms with E-state index in [1.807, 2.05) is 35.2 Å². The number of thiocarbonyl (C=S) groups is 1. The molecule has 2 N–H and O–H groups in total. The van der Waals surface area contributed by atoms with E-state index in [0.717, 1.165) is 24.8 Å². The Morgan fingerprint density at radius 1 is 1.33 bits per heavy atom. The number of hydrogen-bond acceptors (Lipinski definition) is 3. The zero-order valence-electron chi connectivity index (χ0n) is 11.9. The quantitative estimate of drug-likeness (QED) is 0.866. The number of amides is 1. The van der Waals surface area contributed by atoms with E-state index in [2.05, 4.69) is 0 Å². The molecule has 0 radical (unpaired) electrons. The highest BCUT2D eigenvalue weighted by atomic mass is 32.1. The molecule has 5 heteroatoms. The molecule has 0 bridgehead atoms. The summed E-state index contributed by atoms with van der Waals surface area (Å²) in [4.78, 5) is 15.2. The van der Waals surface area contributed by atoms with Gasteiger partial charge in [-0.25, -0.2) is 0 Å². The van der Waals surface area contributed by atoms with Gasteiger partial charge in [0, 0.05) is 6.54 Å². The normalized spacial score (nSPS) is 26.2. The highest BCUT2D eigenvalue weighted by Crippen LogP contribution is 2.32. The number of ether oxygens (including phenoxy) is 1. The SMILES string of the molecule is NC(=S)C(C(=O)N1CCOC2CCCC21)c1ccccc1. The van der Waals surface area contributed by atoms with Crippen LogP contribution in [0.5, 0.6) is 0 Å². The lowest BCUT2D eigenvalue weighted by Crippen LogP contribution is -2.53. The fraction of sp³-hybridized carbons (Fsp3) is 0.500. The molecule has 1 aliphatic heterocycles. The van der Waals surface area contributed by atoms with Crippen molar-refractivity contribution in [1.29, 1.82) is 0 Å². The monoisotopic (exact) mass is 304 g/mol. The summed E-state index contributed by atoms with van der Waals surface area (Å²) in [7, 11) is 0. The molecule has 1 aliphatic carbocycles.